The van der Waals surface area contributed by atoms with Crippen LogP contribution in [0.5, 0.6) is 0 Å². The molecule has 3 heterocycles. The Balaban J connectivity index is 1.49. The summed E-state index contributed by atoms with van der Waals surface area (Å²) in [6.45, 7) is 8.09. The number of nitrogens with one attached hydrogen (secondary N) is 1. The molecule has 7 nitrogen and oxygen atoms in total. The molecule has 1 aromatic heterocycles. The number of amides is 1. The van der Waals surface area contributed by atoms with Gasteiger partial charge in [0.1, 0.15) is 0 Å². The number of rotatable bonds is 7. The minimum absolute atomic E-state index is 0.127. The van der Waals surface area contributed by atoms with Crippen molar-refractivity contribution in [3.63, 3.8) is 0 Å². The first-order valence-electron chi connectivity index (χ1n) is 11.6. The van der Waals surface area contributed by atoms with Gasteiger partial charge >= 0.3 is 0 Å². The fraction of sp³-hybridized carbons (Fsp3) is 0.542. The number of hydrogen-bond acceptors (Lipinski definition) is 6. The smallest absolute Gasteiger partial charge is 0.251 e. The van der Waals surface area contributed by atoms with E-state index in [1.54, 1.807) is 23.5 Å². The molecule has 0 bridgehead atoms. The van der Waals surface area contributed by atoms with Crippen LogP contribution in [0.2, 0.25) is 0 Å². The van der Waals surface area contributed by atoms with Crippen LogP contribution in [0.25, 0.3) is 0 Å². The van der Waals surface area contributed by atoms with Crippen LogP contribution in [0.1, 0.15) is 46.6 Å². The highest BCUT2D eigenvalue weighted by Crippen LogP contribution is 2.29. The zero-order valence-corrected chi connectivity index (χ0v) is 21.0. The molecule has 2 aliphatic rings. The van der Waals surface area contributed by atoms with Crippen LogP contribution in [0.3, 0.4) is 0 Å². The van der Waals surface area contributed by atoms with E-state index in [4.69, 9.17) is 4.74 Å². The number of carbonyl (C=O) groups excluding carboxylic acids is 1. The third-order valence-corrected chi connectivity index (χ3v) is 9.52. The van der Waals surface area contributed by atoms with Gasteiger partial charge in [0.15, 0.2) is 0 Å². The van der Waals surface area contributed by atoms with Crippen molar-refractivity contribution in [2.45, 2.75) is 37.6 Å². The number of aryl methyl sites for hydroxylation is 1. The van der Waals surface area contributed by atoms with Crippen LogP contribution >= 0.6 is 11.3 Å². The lowest BCUT2D eigenvalue weighted by molar-refractivity contribution is 0.0730. The summed E-state index contributed by atoms with van der Waals surface area (Å²) in [4.78, 5) is 17.0. The summed E-state index contributed by atoms with van der Waals surface area (Å²) in [5.74, 6) is 0.497. The summed E-state index contributed by atoms with van der Waals surface area (Å²) < 4.78 is 32.8. The minimum Gasteiger partial charge on any atom is -0.379 e. The molecule has 0 unspecified atom stereocenters. The summed E-state index contributed by atoms with van der Waals surface area (Å²) in [5.41, 5.74) is 1.16. The predicted octanol–water partition coefficient (Wildman–Crippen LogP) is 3.28. The molecule has 33 heavy (non-hydrogen) atoms. The number of piperidine rings is 1. The van der Waals surface area contributed by atoms with Gasteiger partial charge in [-0.25, -0.2) is 8.42 Å². The SMILES string of the molecule is Cc1ccc(S(=O)(=O)N2CCOCC2)cc1C(=O)NC[C@@H](c1cccs1)N1CCC(C)CC1. The standard InChI is InChI=1S/C24H33N3O4S2/c1-18-7-9-26(10-8-18)22(23-4-3-15-32-23)17-25-24(28)21-16-20(6-5-19(21)2)33(29,30)27-11-13-31-14-12-27/h3-6,15-16,18,22H,7-14,17H2,1-2H3,(H,25,28)/t22-/m0/s1. The first kappa shape index (κ1) is 24.3. The average Bonchev–Trinajstić information content (AvgIpc) is 3.35. The maximum atomic E-state index is 13.2. The lowest BCUT2D eigenvalue weighted by Crippen LogP contribution is -2.42. The van der Waals surface area contributed by atoms with Gasteiger partial charge in [-0.2, -0.15) is 4.31 Å². The van der Waals surface area contributed by atoms with Crippen molar-refractivity contribution in [2.24, 2.45) is 5.92 Å². The molecular weight excluding hydrogens is 458 g/mol. The van der Waals surface area contributed by atoms with Crippen molar-refractivity contribution >= 4 is 27.3 Å². The number of hydrogen-bond donors (Lipinski definition) is 1. The zero-order valence-electron chi connectivity index (χ0n) is 19.3. The van der Waals surface area contributed by atoms with Crippen LogP contribution in [-0.4, -0.2) is 69.5 Å². The van der Waals surface area contributed by atoms with Gasteiger partial charge < -0.3 is 10.1 Å². The first-order valence-corrected chi connectivity index (χ1v) is 13.9. The van der Waals surface area contributed by atoms with Crippen LogP contribution in [-0.2, 0) is 14.8 Å². The summed E-state index contributed by atoms with van der Waals surface area (Å²) >= 11 is 1.71. The molecule has 1 atom stereocenters. The van der Waals surface area contributed by atoms with Crippen LogP contribution < -0.4 is 5.32 Å². The van der Waals surface area contributed by atoms with E-state index in [1.165, 1.54) is 15.2 Å². The maximum Gasteiger partial charge on any atom is 0.251 e. The monoisotopic (exact) mass is 491 g/mol. The van der Waals surface area contributed by atoms with E-state index in [0.29, 0.717) is 38.4 Å². The van der Waals surface area contributed by atoms with Gasteiger partial charge in [-0.3, -0.25) is 9.69 Å². The number of benzene rings is 1. The molecule has 2 aliphatic heterocycles. The molecule has 2 aromatic rings. The molecule has 0 saturated carbocycles. The summed E-state index contributed by atoms with van der Waals surface area (Å²) in [5, 5.41) is 5.16. The van der Waals surface area contributed by atoms with Crippen LogP contribution in [0.4, 0.5) is 0 Å². The maximum absolute atomic E-state index is 13.2. The Morgan fingerprint density at radius 2 is 1.91 bits per heavy atom. The third kappa shape index (κ3) is 5.66. The van der Waals surface area contributed by atoms with Crippen LogP contribution in [0.15, 0.2) is 40.6 Å². The lowest BCUT2D eigenvalue weighted by Gasteiger charge is -2.36. The molecule has 4 rings (SSSR count). The first-order chi connectivity index (χ1) is 15.9. The van der Waals surface area contributed by atoms with E-state index >= 15 is 0 Å². The minimum atomic E-state index is -3.66. The summed E-state index contributed by atoms with van der Waals surface area (Å²) in [7, 11) is -3.66. The Labute approximate surface area is 200 Å². The molecule has 0 spiro atoms. The van der Waals surface area contributed by atoms with Crippen molar-refractivity contribution in [1.82, 2.24) is 14.5 Å². The second-order valence-corrected chi connectivity index (χ2v) is 11.9. The second kappa shape index (κ2) is 10.7. The van der Waals surface area contributed by atoms with E-state index in [2.05, 4.69) is 28.6 Å². The number of carbonyl (C=O) groups is 1. The van der Waals surface area contributed by atoms with Gasteiger partial charge in [0.25, 0.3) is 5.91 Å². The van der Waals surface area contributed by atoms with Crippen molar-refractivity contribution in [3.05, 3.63) is 51.7 Å². The van der Waals surface area contributed by atoms with Crippen molar-refractivity contribution in [3.8, 4) is 0 Å². The number of thiophene rings is 1. The zero-order chi connectivity index (χ0) is 23.4. The lowest BCUT2D eigenvalue weighted by atomic mass is 9.97. The molecule has 0 aliphatic carbocycles. The second-order valence-electron chi connectivity index (χ2n) is 8.95. The highest BCUT2D eigenvalue weighted by atomic mass is 32.2. The topological polar surface area (TPSA) is 78.9 Å². The highest BCUT2D eigenvalue weighted by Gasteiger charge is 2.29. The number of likely N-dealkylation sites (tertiary alicyclic amines) is 1. The Kier molecular flexibility index (Phi) is 7.86. The van der Waals surface area contributed by atoms with E-state index in [9.17, 15) is 13.2 Å². The average molecular weight is 492 g/mol. The van der Waals surface area contributed by atoms with Gasteiger partial charge in [0.05, 0.1) is 24.2 Å². The summed E-state index contributed by atoms with van der Waals surface area (Å²) in [6.07, 6.45) is 2.33. The van der Waals surface area contributed by atoms with Gasteiger partial charge in [-0.15, -0.1) is 11.3 Å². The molecule has 2 fully saturated rings. The van der Waals surface area contributed by atoms with E-state index < -0.39 is 10.0 Å². The number of ether oxygens (including phenoxy) is 1. The molecule has 1 N–H and O–H groups in total. The Bertz CT molecular complexity index is 1040. The Morgan fingerprint density at radius 1 is 1.18 bits per heavy atom. The molecule has 2 saturated heterocycles. The van der Waals surface area contributed by atoms with Gasteiger partial charge in [-0.1, -0.05) is 19.1 Å². The largest absolute Gasteiger partial charge is 0.379 e. The molecule has 9 heteroatoms. The van der Waals surface area contributed by atoms with Crippen molar-refractivity contribution in [1.29, 1.82) is 0 Å². The van der Waals surface area contributed by atoms with Crippen molar-refractivity contribution in [2.75, 3.05) is 45.9 Å². The molecule has 1 amide bonds. The highest BCUT2D eigenvalue weighted by molar-refractivity contribution is 7.89. The number of nitrogens with zero attached hydrogens (tertiary/aromatic N) is 2. The number of morpholine rings is 1. The van der Waals surface area contributed by atoms with Gasteiger partial charge in [0, 0.05) is 30.1 Å². The molecule has 1 aromatic carbocycles. The van der Waals surface area contributed by atoms with Crippen LogP contribution in [0, 0.1) is 12.8 Å². The number of sulfonamides is 1. The summed E-state index contributed by atoms with van der Waals surface area (Å²) in [6, 6.07) is 9.11. The Hall–Kier alpha value is -1.78. The molecule has 0 radical (unpaired) electrons. The van der Waals surface area contributed by atoms with Crippen molar-refractivity contribution < 1.29 is 17.9 Å². The Morgan fingerprint density at radius 3 is 2.58 bits per heavy atom. The third-order valence-electron chi connectivity index (χ3n) is 6.65. The van der Waals surface area contributed by atoms with Gasteiger partial charge in [-0.05, 0) is 67.9 Å². The van der Waals surface area contributed by atoms with Gasteiger partial charge in [0.2, 0.25) is 10.0 Å². The van der Waals surface area contributed by atoms with E-state index in [-0.39, 0.29) is 16.8 Å². The molecule has 180 valence electrons. The normalized spacial score (nSPS) is 19.9. The van der Waals surface area contributed by atoms with E-state index in [1.807, 2.05) is 13.0 Å². The fourth-order valence-corrected chi connectivity index (χ4v) is 6.75. The predicted molar refractivity (Wildman–Crippen MR) is 130 cm³/mol. The van der Waals surface area contributed by atoms with E-state index in [0.717, 1.165) is 37.4 Å². The quantitative estimate of drug-likeness (QED) is 0.643. The fourth-order valence-electron chi connectivity index (χ4n) is 4.46. The molecular formula is C24H33N3O4S2.